The maximum atomic E-state index is 13.8. The van der Waals surface area contributed by atoms with E-state index in [0.717, 1.165) is 41.9 Å². The van der Waals surface area contributed by atoms with Crippen molar-refractivity contribution in [3.8, 4) is 27.9 Å². The summed E-state index contributed by atoms with van der Waals surface area (Å²) in [7, 11) is 0. The molecule has 0 radical (unpaired) electrons. The lowest BCUT2D eigenvalue weighted by atomic mass is 9.99. The Morgan fingerprint density at radius 3 is 2.40 bits per heavy atom. The van der Waals surface area contributed by atoms with Gasteiger partial charge in [0.25, 0.3) is 5.56 Å². The van der Waals surface area contributed by atoms with Gasteiger partial charge in [-0.3, -0.25) is 14.7 Å². The highest BCUT2D eigenvalue weighted by atomic mass is 16.2. The van der Waals surface area contributed by atoms with Gasteiger partial charge < -0.3 is 10.3 Å². The molecular weight excluding hydrogens is 566 g/mol. The minimum Gasteiger partial charge on any atom is -0.307 e. The largest absolute Gasteiger partial charge is 0.337 e. The Labute approximate surface area is 258 Å². The number of rotatable bonds is 6. The molecule has 0 saturated carbocycles. The van der Waals surface area contributed by atoms with E-state index in [4.69, 9.17) is 0 Å². The second kappa shape index (κ2) is 11.8. The number of aromatic nitrogens is 5. The average molecular weight is 598 g/mol. The summed E-state index contributed by atoms with van der Waals surface area (Å²) >= 11 is 0. The zero-order valence-electron chi connectivity index (χ0n) is 24.7. The number of amides is 1. The van der Waals surface area contributed by atoms with Gasteiger partial charge in [0.2, 0.25) is 0 Å². The third-order valence-corrected chi connectivity index (χ3v) is 8.27. The number of nitrogens with zero attached hydrogens (tertiary/aromatic N) is 5. The van der Waals surface area contributed by atoms with E-state index in [0.29, 0.717) is 21.6 Å². The number of H-pyrrole nitrogens is 1. The molecule has 3 aromatic heterocycles. The fourth-order valence-electron chi connectivity index (χ4n) is 6.00. The van der Waals surface area contributed by atoms with Crippen LogP contribution in [0.4, 0.5) is 10.5 Å². The predicted octanol–water partition coefficient (Wildman–Crippen LogP) is 5.59. The van der Waals surface area contributed by atoms with E-state index in [1.54, 1.807) is 31.5 Å². The van der Waals surface area contributed by atoms with Crippen LogP contribution in [0.25, 0.3) is 39.0 Å². The number of hydrogen-bond donors (Lipinski definition) is 2. The predicted molar refractivity (Wildman–Crippen MR) is 175 cm³/mol. The van der Waals surface area contributed by atoms with Gasteiger partial charge in [-0.15, -0.1) is 0 Å². The number of nitrogens with one attached hydrogen (secondary N) is 2. The zero-order valence-corrected chi connectivity index (χ0v) is 24.7. The van der Waals surface area contributed by atoms with E-state index < -0.39 is 17.3 Å². The monoisotopic (exact) mass is 597 g/mol. The summed E-state index contributed by atoms with van der Waals surface area (Å²) < 4.78 is 2.04. The first kappa shape index (κ1) is 28.2. The van der Waals surface area contributed by atoms with Crippen LogP contribution in [0.1, 0.15) is 24.1 Å². The number of carbonyl (C=O) groups is 1. The van der Waals surface area contributed by atoms with Crippen LogP contribution in [0.2, 0.25) is 0 Å². The lowest BCUT2D eigenvalue weighted by molar-refractivity contribution is 0.252. The van der Waals surface area contributed by atoms with E-state index in [-0.39, 0.29) is 11.0 Å². The van der Waals surface area contributed by atoms with Gasteiger partial charge in [0.05, 0.1) is 16.9 Å². The van der Waals surface area contributed by atoms with E-state index in [1.807, 2.05) is 54.6 Å². The molecule has 0 aliphatic carbocycles. The van der Waals surface area contributed by atoms with Gasteiger partial charge in [-0.2, -0.15) is 9.67 Å². The second-order valence-electron chi connectivity index (χ2n) is 11.2. The normalized spacial score (nSPS) is 13.4. The molecule has 224 valence electrons. The smallest absolute Gasteiger partial charge is 0.307 e. The highest BCUT2D eigenvalue weighted by molar-refractivity contribution is 5.92. The number of hydrogen-bond acceptors (Lipinski definition) is 6. The van der Waals surface area contributed by atoms with Gasteiger partial charge >= 0.3 is 11.7 Å². The molecule has 0 bridgehead atoms. The summed E-state index contributed by atoms with van der Waals surface area (Å²) in [6, 6.07) is 26.2. The summed E-state index contributed by atoms with van der Waals surface area (Å²) in [4.78, 5) is 49.4. The van der Waals surface area contributed by atoms with Crippen molar-refractivity contribution in [3.05, 3.63) is 129 Å². The molecule has 45 heavy (non-hydrogen) atoms. The Morgan fingerprint density at radius 2 is 1.62 bits per heavy atom. The topological polar surface area (TPSA) is 118 Å². The van der Waals surface area contributed by atoms with Crippen LogP contribution in [-0.4, -0.2) is 48.3 Å². The number of carbonyl (C=O) groups excluding carboxylic acids is 1. The minimum atomic E-state index is -0.860. The Kier molecular flexibility index (Phi) is 7.40. The number of benzene rings is 3. The van der Waals surface area contributed by atoms with Crippen LogP contribution in [0.5, 0.6) is 0 Å². The number of aromatic amines is 1. The van der Waals surface area contributed by atoms with Crippen LogP contribution in [0.15, 0.2) is 107 Å². The third-order valence-electron chi connectivity index (χ3n) is 8.27. The van der Waals surface area contributed by atoms with Crippen molar-refractivity contribution in [2.75, 3.05) is 18.4 Å². The van der Waals surface area contributed by atoms with Crippen molar-refractivity contribution in [1.29, 1.82) is 0 Å². The summed E-state index contributed by atoms with van der Waals surface area (Å²) in [6.45, 7) is 4.83. The molecule has 1 fully saturated rings. The lowest BCUT2D eigenvalue weighted by Crippen LogP contribution is -2.42. The molecule has 3 aromatic carbocycles. The molecule has 2 N–H and O–H groups in total. The van der Waals surface area contributed by atoms with Crippen molar-refractivity contribution in [2.45, 2.75) is 26.3 Å². The first-order valence-corrected chi connectivity index (χ1v) is 14.9. The maximum absolute atomic E-state index is 13.8. The number of likely N-dealkylation sites (tertiary alicyclic amines) is 1. The number of anilines is 1. The fourth-order valence-corrected chi connectivity index (χ4v) is 6.00. The van der Waals surface area contributed by atoms with Gasteiger partial charge in [0.15, 0.2) is 5.52 Å². The van der Waals surface area contributed by atoms with Crippen molar-refractivity contribution in [3.63, 3.8) is 0 Å². The van der Waals surface area contributed by atoms with Crippen molar-refractivity contribution >= 4 is 22.8 Å². The van der Waals surface area contributed by atoms with E-state index in [1.165, 1.54) is 23.1 Å². The molecule has 10 heteroatoms. The quantitative estimate of drug-likeness (QED) is 0.259. The molecule has 7 rings (SSSR count). The fraction of sp³-hybridized carbons (Fsp3) is 0.171. The molecule has 0 atom stereocenters. The van der Waals surface area contributed by atoms with Crippen LogP contribution in [0, 0.1) is 6.92 Å². The number of pyridine rings is 1. The van der Waals surface area contributed by atoms with E-state index >= 15 is 0 Å². The molecule has 6 aromatic rings. The van der Waals surface area contributed by atoms with Crippen LogP contribution in [0.3, 0.4) is 0 Å². The average Bonchev–Trinajstić information content (AvgIpc) is 3.70. The SMILES string of the molecule is Cc1nn(-c2cccc(-c3ccncc3)c2)c2c(=O)n(C(=O)Nc3ccc(-c4ccccc4CN4CCCC4)cc3)c(=O)[nH]c12. The van der Waals surface area contributed by atoms with E-state index in [9.17, 15) is 14.4 Å². The third kappa shape index (κ3) is 5.47. The maximum Gasteiger partial charge on any atom is 0.337 e. The van der Waals surface area contributed by atoms with Gasteiger partial charge in [-0.1, -0.05) is 48.5 Å². The summed E-state index contributed by atoms with van der Waals surface area (Å²) in [5, 5.41) is 7.26. The standard InChI is InChI=1S/C35H31N7O3/c1-23-31-32(42(39-23)29-9-6-8-26(21-29)24-15-17-36-18-16-24)33(43)41(35(45)38-31)34(44)37-28-13-11-25(12-14-28)30-10-3-2-7-27(30)22-40-19-4-5-20-40/h2-3,6-18,21H,4-5,19-20,22H2,1H3,(H,37,44)(H,38,45). The molecule has 4 heterocycles. The molecule has 1 amide bonds. The number of fused-ring (bicyclic) bond motifs is 1. The van der Waals surface area contributed by atoms with Gasteiger partial charge in [0, 0.05) is 24.6 Å². The first-order valence-electron chi connectivity index (χ1n) is 14.9. The summed E-state index contributed by atoms with van der Waals surface area (Å²) in [5.74, 6) is 0. The van der Waals surface area contributed by atoms with Crippen LogP contribution in [-0.2, 0) is 6.54 Å². The highest BCUT2D eigenvalue weighted by Gasteiger charge is 2.21. The molecule has 1 saturated heterocycles. The van der Waals surface area contributed by atoms with Crippen LogP contribution >= 0.6 is 0 Å². The Bertz CT molecular complexity index is 2140. The first-order chi connectivity index (χ1) is 22.0. The Hall–Kier alpha value is -5.61. The summed E-state index contributed by atoms with van der Waals surface area (Å²) in [6.07, 6.45) is 5.88. The second-order valence-corrected chi connectivity index (χ2v) is 11.2. The molecule has 10 nitrogen and oxygen atoms in total. The van der Waals surface area contributed by atoms with Crippen molar-refractivity contribution in [1.82, 2.24) is 29.2 Å². The highest BCUT2D eigenvalue weighted by Crippen LogP contribution is 2.27. The minimum absolute atomic E-state index is 0.0964. The number of aryl methyl sites for hydroxylation is 1. The molecule has 1 aliphatic rings. The van der Waals surface area contributed by atoms with Gasteiger partial charge in [-0.05, 0) is 97.1 Å². The van der Waals surface area contributed by atoms with Crippen molar-refractivity contribution < 1.29 is 4.79 Å². The molecule has 0 spiro atoms. The lowest BCUT2D eigenvalue weighted by Gasteiger charge is -2.18. The molecule has 0 unspecified atom stereocenters. The Morgan fingerprint density at radius 1 is 0.867 bits per heavy atom. The Balaban J connectivity index is 1.19. The van der Waals surface area contributed by atoms with E-state index in [2.05, 4.69) is 43.5 Å². The zero-order chi connectivity index (χ0) is 30.9. The molecular formula is C35H31N7O3. The van der Waals surface area contributed by atoms with Gasteiger partial charge in [0.1, 0.15) is 0 Å². The summed E-state index contributed by atoms with van der Waals surface area (Å²) in [5.41, 5.74) is 5.55. The molecule has 1 aliphatic heterocycles. The van der Waals surface area contributed by atoms with Crippen LogP contribution < -0.4 is 16.6 Å². The van der Waals surface area contributed by atoms with Gasteiger partial charge in [-0.25, -0.2) is 14.3 Å². The van der Waals surface area contributed by atoms with Crippen molar-refractivity contribution in [2.24, 2.45) is 0 Å².